The van der Waals surface area contributed by atoms with Crippen molar-refractivity contribution < 1.29 is 9.15 Å². The van der Waals surface area contributed by atoms with Crippen molar-refractivity contribution in [1.82, 2.24) is 15.1 Å². The summed E-state index contributed by atoms with van der Waals surface area (Å²) in [5, 5.41) is 12.8. The Morgan fingerprint density at radius 2 is 1.86 bits per heavy atom. The molecule has 0 radical (unpaired) electrons. The molecule has 1 saturated heterocycles. The third-order valence-corrected chi connectivity index (χ3v) is 6.24. The van der Waals surface area contributed by atoms with Gasteiger partial charge < -0.3 is 9.15 Å². The molecule has 3 heterocycles. The van der Waals surface area contributed by atoms with Crippen LogP contribution in [0.5, 0.6) is 5.75 Å². The second kappa shape index (κ2) is 8.35. The third-order valence-electron chi connectivity index (χ3n) is 5.38. The molecule has 0 N–H and O–H groups in total. The average molecular weight is 406 g/mol. The number of hydrogen-bond acceptors (Lipinski definition) is 6. The van der Waals surface area contributed by atoms with Crippen LogP contribution in [0, 0.1) is 0 Å². The van der Waals surface area contributed by atoms with Crippen LogP contribution in [0.2, 0.25) is 0 Å². The zero-order valence-corrected chi connectivity index (χ0v) is 17.0. The van der Waals surface area contributed by atoms with E-state index in [1.54, 1.807) is 11.3 Å². The number of thiophene rings is 1. The minimum absolute atomic E-state index is 0.268. The lowest BCUT2D eigenvalue weighted by Gasteiger charge is -2.27. The molecule has 2 aromatic carbocycles. The van der Waals surface area contributed by atoms with Crippen molar-refractivity contribution in [3.63, 3.8) is 0 Å². The van der Waals surface area contributed by atoms with Gasteiger partial charge in [0.05, 0.1) is 4.88 Å². The fourth-order valence-corrected chi connectivity index (χ4v) is 4.55. The van der Waals surface area contributed by atoms with Gasteiger partial charge in [0.1, 0.15) is 5.75 Å². The summed E-state index contributed by atoms with van der Waals surface area (Å²) in [4.78, 5) is 3.50. The van der Waals surface area contributed by atoms with Crippen LogP contribution in [-0.4, -0.2) is 28.2 Å². The summed E-state index contributed by atoms with van der Waals surface area (Å²) in [6.07, 6.45) is 3.88. The first-order valence-electron chi connectivity index (χ1n) is 10.1. The zero-order valence-electron chi connectivity index (χ0n) is 16.2. The zero-order chi connectivity index (χ0) is 19.5. The molecule has 2 aromatic heterocycles. The topological polar surface area (TPSA) is 51.4 Å². The van der Waals surface area contributed by atoms with Gasteiger partial charge in [-0.05, 0) is 54.2 Å². The highest BCUT2D eigenvalue weighted by molar-refractivity contribution is 7.13. The summed E-state index contributed by atoms with van der Waals surface area (Å²) in [7, 11) is 0. The first-order valence-corrected chi connectivity index (χ1v) is 11.0. The van der Waals surface area contributed by atoms with E-state index in [-0.39, 0.29) is 6.61 Å². The number of piperidine rings is 1. The molecule has 0 unspecified atom stereocenters. The van der Waals surface area contributed by atoms with Crippen LogP contribution in [0.4, 0.5) is 0 Å². The minimum atomic E-state index is 0.268. The van der Waals surface area contributed by atoms with E-state index in [0.29, 0.717) is 11.8 Å². The van der Waals surface area contributed by atoms with Gasteiger partial charge in [-0.1, -0.05) is 42.8 Å². The average Bonchev–Trinajstić information content (AvgIpc) is 3.46. The summed E-state index contributed by atoms with van der Waals surface area (Å²) in [5.74, 6) is 1.93. The van der Waals surface area contributed by atoms with Gasteiger partial charge in [-0.3, -0.25) is 4.90 Å². The van der Waals surface area contributed by atoms with Gasteiger partial charge in [0.2, 0.25) is 0 Å². The molecule has 1 aliphatic rings. The van der Waals surface area contributed by atoms with Crippen molar-refractivity contribution in [3.8, 4) is 16.5 Å². The van der Waals surface area contributed by atoms with Crippen molar-refractivity contribution in [2.45, 2.75) is 32.4 Å². The molecule has 0 saturated carbocycles. The summed E-state index contributed by atoms with van der Waals surface area (Å²) in [5.41, 5.74) is 1.24. The maximum Gasteiger partial charge on any atom is 0.257 e. The molecule has 0 bridgehead atoms. The number of fused-ring (bicyclic) bond motifs is 1. The molecule has 0 aliphatic carbocycles. The van der Waals surface area contributed by atoms with E-state index >= 15 is 0 Å². The number of nitrogens with zero attached hydrogens (tertiary/aromatic N) is 3. The fourth-order valence-electron chi connectivity index (χ4n) is 3.91. The van der Waals surface area contributed by atoms with Crippen molar-refractivity contribution in [3.05, 3.63) is 65.4 Å². The molecular formula is C23H23N3O2S. The van der Waals surface area contributed by atoms with Crippen LogP contribution in [0.25, 0.3) is 21.5 Å². The Bertz CT molecular complexity index is 1080. The Hall–Kier alpha value is -2.70. The van der Waals surface area contributed by atoms with Crippen molar-refractivity contribution >= 4 is 22.1 Å². The second-order valence-corrected chi connectivity index (χ2v) is 8.31. The lowest BCUT2D eigenvalue weighted by molar-refractivity contribution is 0.213. The molecule has 1 aliphatic heterocycles. The van der Waals surface area contributed by atoms with E-state index in [2.05, 4.69) is 51.5 Å². The molecule has 6 heteroatoms. The SMILES string of the molecule is c1csc(-c2nnc(COc3ccc4ccccc4c3CN3CCCCC3)o2)c1. The molecule has 0 spiro atoms. The summed E-state index contributed by atoms with van der Waals surface area (Å²) in [6.45, 7) is 3.47. The predicted molar refractivity (Wildman–Crippen MR) is 115 cm³/mol. The second-order valence-electron chi connectivity index (χ2n) is 7.37. The van der Waals surface area contributed by atoms with E-state index in [0.717, 1.165) is 30.3 Å². The molecule has 4 aromatic rings. The minimum Gasteiger partial charge on any atom is -0.483 e. The van der Waals surface area contributed by atoms with Gasteiger partial charge in [-0.15, -0.1) is 21.5 Å². The largest absolute Gasteiger partial charge is 0.483 e. The maximum atomic E-state index is 6.18. The van der Waals surface area contributed by atoms with E-state index < -0.39 is 0 Å². The van der Waals surface area contributed by atoms with Gasteiger partial charge in [0.25, 0.3) is 11.8 Å². The number of hydrogen-bond donors (Lipinski definition) is 0. The van der Waals surface area contributed by atoms with Crippen molar-refractivity contribution in [2.24, 2.45) is 0 Å². The number of benzene rings is 2. The van der Waals surface area contributed by atoms with Crippen LogP contribution >= 0.6 is 11.3 Å². The first kappa shape index (κ1) is 18.3. The van der Waals surface area contributed by atoms with Gasteiger partial charge >= 0.3 is 0 Å². The van der Waals surface area contributed by atoms with Crippen LogP contribution in [0.3, 0.4) is 0 Å². The van der Waals surface area contributed by atoms with Gasteiger partial charge in [0, 0.05) is 12.1 Å². The van der Waals surface area contributed by atoms with E-state index in [9.17, 15) is 0 Å². The smallest absolute Gasteiger partial charge is 0.257 e. The number of ether oxygens (including phenoxy) is 1. The molecular weight excluding hydrogens is 382 g/mol. The lowest BCUT2D eigenvalue weighted by atomic mass is 10.0. The molecule has 0 amide bonds. The Morgan fingerprint density at radius 3 is 2.72 bits per heavy atom. The Morgan fingerprint density at radius 1 is 0.966 bits per heavy atom. The highest BCUT2D eigenvalue weighted by atomic mass is 32.1. The van der Waals surface area contributed by atoms with Crippen LogP contribution in [0.15, 0.2) is 58.3 Å². The molecule has 1 fully saturated rings. The van der Waals surface area contributed by atoms with Crippen LogP contribution in [0.1, 0.15) is 30.7 Å². The Labute approximate surface area is 173 Å². The molecule has 148 valence electrons. The number of rotatable bonds is 6. The molecule has 5 nitrogen and oxygen atoms in total. The predicted octanol–water partition coefficient (Wildman–Crippen LogP) is 5.52. The Kier molecular flexibility index (Phi) is 5.28. The lowest BCUT2D eigenvalue weighted by Crippen LogP contribution is -2.29. The van der Waals surface area contributed by atoms with Crippen molar-refractivity contribution in [2.75, 3.05) is 13.1 Å². The van der Waals surface area contributed by atoms with Crippen LogP contribution < -0.4 is 4.74 Å². The monoisotopic (exact) mass is 405 g/mol. The molecule has 29 heavy (non-hydrogen) atoms. The highest BCUT2D eigenvalue weighted by Crippen LogP contribution is 2.31. The third kappa shape index (κ3) is 4.04. The summed E-state index contributed by atoms with van der Waals surface area (Å²) < 4.78 is 12.0. The normalized spacial score (nSPS) is 15.0. The van der Waals surface area contributed by atoms with Gasteiger partial charge in [-0.2, -0.15) is 0 Å². The Balaban J connectivity index is 1.39. The maximum absolute atomic E-state index is 6.18. The fraction of sp³-hybridized carbons (Fsp3) is 0.304. The van der Waals surface area contributed by atoms with Crippen molar-refractivity contribution in [1.29, 1.82) is 0 Å². The van der Waals surface area contributed by atoms with Gasteiger partial charge in [0.15, 0.2) is 6.61 Å². The van der Waals surface area contributed by atoms with E-state index in [1.165, 1.54) is 35.6 Å². The summed E-state index contributed by atoms with van der Waals surface area (Å²) in [6, 6.07) is 16.7. The van der Waals surface area contributed by atoms with Gasteiger partial charge in [-0.25, -0.2) is 0 Å². The van der Waals surface area contributed by atoms with Crippen LogP contribution in [-0.2, 0) is 13.2 Å². The molecule has 5 rings (SSSR count). The summed E-state index contributed by atoms with van der Waals surface area (Å²) >= 11 is 1.58. The standard InChI is InChI=1S/C23H23N3O2S/c1-4-12-26(13-5-1)15-19-18-8-3-2-7-17(18)10-11-20(19)27-16-22-24-25-23(28-22)21-9-6-14-29-21/h2-3,6-11,14H,1,4-5,12-13,15-16H2. The first-order chi connectivity index (χ1) is 14.4. The molecule has 0 atom stereocenters. The number of aromatic nitrogens is 2. The quantitative estimate of drug-likeness (QED) is 0.423. The number of likely N-dealkylation sites (tertiary alicyclic amines) is 1. The van der Waals surface area contributed by atoms with E-state index in [1.807, 2.05) is 17.5 Å². The van der Waals surface area contributed by atoms with E-state index in [4.69, 9.17) is 9.15 Å². The highest BCUT2D eigenvalue weighted by Gasteiger charge is 2.17.